The first kappa shape index (κ1) is 13.0. The van der Waals surface area contributed by atoms with E-state index in [0.717, 1.165) is 15.9 Å². The first-order chi connectivity index (χ1) is 8.28. The predicted molar refractivity (Wildman–Crippen MR) is 71.6 cm³/mol. The molecule has 0 saturated carbocycles. The van der Waals surface area contributed by atoms with Crippen LogP contribution in [0.25, 0.3) is 10.2 Å². The molecule has 0 aliphatic heterocycles. The lowest BCUT2D eigenvalue weighted by Crippen LogP contribution is -2.33. The summed E-state index contributed by atoms with van der Waals surface area (Å²) in [6.45, 7) is 7.58. The SMILES string of the molecule is Cc1nn(C)c2sc(C(=O)NOC(C)(C)C)cc12. The summed E-state index contributed by atoms with van der Waals surface area (Å²) in [5, 5.41) is 5.32. The minimum absolute atomic E-state index is 0.217. The Balaban J connectivity index is 2.21. The lowest BCUT2D eigenvalue weighted by Gasteiger charge is -2.18. The molecule has 0 aliphatic rings. The Bertz CT molecular complexity index is 558. The Hall–Kier alpha value is -1.40. The summed E-state index contributed by atoms with van der Waals surface area (Å²) in [7, 11) is 1.87. The Morgan fingerprint density at radius 2 is 2.17 bits per heavy atom. The molecular weight excluding hydrogens is 250 g/mol. The van der Waals surface area contributed by atoms with Gasteiger partial charge >= 0.3 is 0 Å². The van der Waals surface area contributed by atoms with Crippen molar-refractivity contribution >= 4 is 27.5 Å². The van der Waals surface area contributed by atoms with Crippen molar-refractivity contribution in [2.24, 2.45) is 7.05 Å². The van der Waals surface area contributed by atoms with E-state index in [4.69, 9.17) is 4.84 Å². The Kier molecular flexibility index (Phi) is 3.16. The number of aryl methyl sites for hydroxylation is 2. The molecular formula is C12H17N3O2S. The van der Waals surface area contributed by atoms with Gasteiger partial charge in [0.1, 0.15) is 4.83 Å². The quantitative estimate of drug-likeness (QED) is 0.850. The second kappa shape index (κ2) is 4.37. The van der Waals surface area contributed by atoms with Gasteiger partial charge in [-0.1, -0.05) is 0 Å². The van der Waals surface area contributed by atoms with Crippen LogP contribution >= 0.6 is 11.3 Å². The largest absolute Gasteiger partial charge is 0.285 e. The van der Waals surface area contributed by atoms with E-state index in [2.05, 4.69) is 10.6 Å². The number of hydroxylamine groups is 1. The molecule has 2 heterocycles. The van der Waals surface area contributed by atoms with Crippen molar-refractivity contribution in [1.29, 1.82) is 0 Å². The number of carbonyl (C=O) groups excluding carboxylic acids is 1. The fraction of sp³-hybridized carbons (Fsp3) is 0.500. The lowest BCUT2D eigenvalue weighted by atomic mass is 10.2. The van der Waals surface area contributed by atoms with Gasteiger partial charge in [0.05, 0.1) is 16.2 Å². The van der Waals surface area contributed by atoms with Crippen LogP contribution in [0.1, 0.15) is 36.1 Å². The van der Waals surface area contributed by atoms with Crippen LogP contribution in [0.5, 0.6) is 0 Å². The molecule has 5 nitrogen and oxygen atoms in total. The van der Waals surface area contributed by atoms with E-state index in [0.29, 0.717) is 4.88 Å². The Morgan fingerprint density at radius 1 is 1.50 bits per heavy atom. The smallest absolute Gasteiger partial charge is 0.268 e. The molecule has 98 valence electrons. The van der Waals surface area contributed by atoms with Gasteiger partial charge in [0, 0.05) is 12.4 Å². The fourth-order valence-electron chi connectivity index (χ4n) is 1.57. The summed E-state index contributed by atoms with van der Waals surface area (Å²) in [4.78, 5) is 18.8. The molecule has 0 spiro atoms. The molecule has 1 N–H and O–H groups in total. The second-order valence-electron chi connectivity index (χ2n) is 5.18. The zero-order valence-corrected chi connectivity index (χ0v) is 12.0. The molecule has 18 heavy (non-hydrogen) atoms. The molecule has 0 bridgehead atoms. The molecule has 0 atom stereocenters. The molecule has 1 amide bonds. The number of nitrogens with one attached hydrogen (secondary N) is 1. The van der Waals surface area contributed by atoms with Crippen molar-refractivity contribution in [3.63, 3.8) is 0 Å². The summed E-state index contributed by atoms with van der Waals surface area (Å²) < 4.78 is 1.79. The molecule has 0 radical (unpaired) electrons. The Morgan fingerprint density at radius 3 is 2.72 bits per heavy atom. The maximum atomic E-state index is 11.9. The van der Waals surface area contributed by atoms with Crippen molar-refractivity contribution in [1.82, 2.24) is 15.3 Å². The monoisotopic (exact) mass is 267 g/mol. The number of aromatic nitrogens is 2. The second-order valence-corrected chi connectivity index (χ2v) is 6.21. The number of hydrogen-bond acceptors (Lipinski definition) is 4. The minimum atomic E-state index is -0.399. The number of fused-ring (bicyclic) bond motifs is 1. The van der Waals surface area contributed by atoms with Crippen molar-refractivity contribution in [3.8, 4) is 0 Å². The number of amides is 1. The summed E-state index contributed by atoms with van der Waals surface area (Å²) in [6.07, 6.45) is 0. The van der Waals surface area contributed by atoms with Crippen LogP contribution < -0.4 is 5.48 Å². The highest BCUT2D eigenvalue weighted by Crippen LogP contribution is 2.27. The normalized spacial score (nSPS) is 12.1. The third kappa shape index (κ3) is 2.54. The van der Waals surface area contributed by atoms with E-state index in [9.17, 15) is 4.79 Å². The van der Waals surface area contributed by atoms with Crippen LogP contribution in [0, 0.1) is 6.92 Å². The molecule has 2 aromatic rings. The average molecular weight is 267 g/mol. The Labute approximate surface area is 110 Å². The molecule has 2 rings (SSSR count). The van der Waals surface area contributed by atoms with Crippen LogP contribution in [-0.4, -0.2) is 21.3 Å². The van der Waals surface area contributed by atoms with Gasteiger partial charge in [-0.25, -0.2) is 5.48 Å². The number of nitrogens with zero attached hydrogens (tertiary/aromatic N) is 2. The first-order valence-corrected chi connectivity index (χ1v) is 6.51. The molecule has 0 fully saturated rings. The highest BCUT2D eigenvalue weighted by atomic mass is 32.1. The topological polar surface area (TPSA) is 56.2 Å². The van der Waals surface area contributed by atoms with Crippen molar-refractivity contribution < 1.29 is 9.63 Å². The summed E-state index contributed by atoms with van der Waals surface area (Å²) in [5.74, 6) is -0.217. The average Bonchev–Trinajstić information content (AvgIpc) is 2.78. The standard InChI is InChI=1S/C12H17N3O2S/c1-7-8-6-9(18-11(8)15(5)13-7)10(16)14-17-12(2,3)4/h6H,1-5H3,(H,14,16). The van der Waals surface area contributed by atoms with Gasteiger partial charge in [-0.15, -0.1) is 11.3 Å². The maximum Gasteiger partial charge on any atom is 0.285 e. The number of carbonyl (C=O) groups is 1. The van der Waals surface area contributed by atoms with Gasteiger partial charge in [-0.2, -0.15) is 5.10 Å². The van der Waals surface area contributed by atoms with E-state index in [1.54, 1.807) is 4.68 Å². The molecule has 2 aromatic heterocycles. The van der Waals surface area contributed by atoms with Crippen molar-refractivity contribution in [3.05, 3.63) is 16.6 Å². The van der Waals surface area contributed by atoms with Gasteiger partial charge < -0.3 is 0 Å². The van der Waals surface area contributed by atoms with Gasteiger partial charge in [0.25, 0.3) is 5.91 Å². The lowest BCUT2D eigenvalue weighted by molar-refractivity contribution is -0.0588. The molecule has 0 aliphatic carbocycles. The number of hydrogen-bond donors (Lipinski definition) is 1. The third-order valence-electron chi connectivity index (χ3n) is 2.37. The zero-order chi connectivity index (χ0) is 13.5. The molecule has 0 saturated heterocycles. The van der Waals surface area contributed by atoms with E-state index in [1.165, 1.54) is 11.3 Å². The van der Waals surface area contributed by atoms with Gasteiger partial charge in [-0.05, 0) is 33.8 Å². The fourth-order valence-corrected chi connectivity index (χ4v) is 2.58. The predicted octanol–water partition coefficient (Wildman–Crippen LogP) is 2.40. The van der Waals surface area contributed by atoms with Gasteiger partial charge in [0.2, 0.25) is 0 Å². The highest BCUT2D eigenvalue weighted by Gasteiger charge is 2.17. The summed E-state index contributed by atoms with van der Waals surface area (Å²) in [5.41, 5.74) is 3.00. The van der Waals surface area contributed by atoms with E-state index in [1.807, 2.05) is 40.8 Å². The van der Waals surface area contributed by atoms with Crippen LogP contribution in [-0.2, 0) is 11.9 Å². The zero-order valence-electron chi connectivity index (χ0n) is 11.2. The summed E-state index contributed by atoms with van der Waals surface area (Å²) in [6, 6.07) is 1.85. The third-order valence-corrected chi connectivity index (χ3v) is 3.57. The van der Waals surface area contributed by atoms with Crippen molar-refractivity contribution in [2.75, 3.05) is 0 Å². The van der Waals surface area contributed by atoms with E-state index < -0.39 is 5.60 Å². The number of rotatable bonds is 2. The molecule has 0 unspecified atom stereocenters. The maximum absolute atomic E-state index is 11.9. The van der Waals surface area contributed by atoms with Crippen LogP contribution in [0.4, 0.5) is 0 Å². The van der Waals surface area contributed by atoms with E-state index >= 15 is 0 Å². The number of thiophene rings is 1. The van der Waals surface area contributed by atoms with Crippen molar-refractivity contribution in [2.45, 2.75) is 33.3 Å². The highest BCUT2D eigenvalue weighted by molar-refractivity contribution is 7.20. The molecule has 6 heteroatoms. The van der Waals surface area contributed by atoms with Crippen LogP contribution in [0.3, 0.4) is 0 Å². The van der Waals surface area contributed by atoms with Gasteiger partial charge in [-0.3, -0.25) is 14.3 Å². The molecule has 0 aromatic carbocycles. The van der Waals surface area contributed by atoms with Gasteiger partial charge in [0.15, 0.2) is 0 Å². The van der Waals surface area contributed by atoms with Crippen LogP contribution in [0.2, 0.25) is 0 Å². The van der Waals surface area contributed by atoms with E-state index in [-0.39, 0.29) is 5.91 Å². The first-order valence-electron chi connectivity index (χ1n) is 5.69. The summed E-state index contributed by atoms with van der Waals surface area (Å²) >= 11 is 1.41. The minimum Gasteiger partial charge on any atom is -0.268 e. The van der Waals surface area contributed by atoms with Crippen LogP contribution in [0.15, 0.2) is 6.07 Å².